The van der Waals surface area contributed by atoms with E-state index in [9.17, 15) is 8.78 Å². The summed E-state index contributed by atoms with van der Waals surface area (Å²) in [5.74, 6) is 0.244. The van der Waals surface area contributed by atoms with Gasteiger partial charge in [0, 0.05) is 40.7 Å². The van der Waals surface area contributed by atoms with Crippen LogP contribution in [-0.4, -0.2) is 19.5 Å². The van der Waals surface area contributed by atoms with E-state index < -0.39 is 11.6 Å². The van der Waals surface area contributed by atoms with E-state index in [1.807, 2.05) is 12.1 Å². The van der Waals surface area contributed by atoms with Crippen LogP contribution in [0.2, 0.25) is 0 Å². The first-order valence-corrected chi connectivity index (χ1v) is 9.11. The molecule has 2 N–H and O–H groups in total. The second-order valence-corrected chi connectivity index (χ2v) is 7.05. The Labute approximate surface area is 159 Å². The Morgan fingerprint density at radius 2 is 1.86 bits per heavy atom. The minimum atomic E-state index is -0.589. The third-order valence-electron chi connectivity index (χ3n) is 5.13. The van der Waals surface area contributed by atoms with Crippen LogP contribution in [0.1, 0.15) is 29.9 Å². The van der Waals surface area contributed by atoms with Crippen molar-refractivity contribution >= 4 is 16.9 Å². The molecule has 7 heteroatoms. The van der Waals surface area contributed by atoms with E-state index >= 15 is 0 Å². The molecule has 1 aliphatic rings. The van der Waals surface area contributed by atoms with Gasteiger partial charge in [0.15, 0.2) is 5.82 Å². The molecular formula is C21H17F2N5. The average Bonchev–Trinajstić information content (AvgIpc) is 3.46. The highest BCUT2D eigenvalue weighted by molar-refractivity contribution is 5.92. The maximum Gasteiger partial charge on any atom is 0.163 e. The normalized spacial score (nSPS) is 13.9. The first-order valence-electron chi connectivity index (χ1n) is 9.11. The zero-order valence-electron chi connectivity index (χ0n) is 14.9. The van der Waals surface area contributed by atoms with Gasteiger partial charge in [-0.15, -0.1) is 0 Å². The van der Waals surface area contributed by atoms with Gasteiger partial charge < -0.3 is 10.3 Å². The fourth-order valence-corrected chi connectivity index (χ4v) is 3.52. The maximum atomic E-state index is 14.1. The topological polar surface area (TPSA) is 69.6 Å². The fourth-order valence-electron chi connectivity index (χ4n) is 3.52. The Balaban J connectivity index is 1.62. The largest absolute Gasteiger partial charge is 0.383 e. The Hall–Kier alpha value is -3.35. The molecule has 1 aromatic carbocycles. The molecule has 0 saturated heterocycles. The van der Waals surface area contributed by atoms with Crippen molar-refractivity contribution in [2.24, 2.45) is 0 Å². The second-order valence-electron chi connectivity index (χ2n) is 7.05. The van der Waals surface area contributed by atoms with E-state index in [4.69, 9.17) is 5.73 Å². The summed E-state index contributed by atoms with van der Waals surface area (Å²) in [5, 5.41) is 0.804. The van der Waals surface area contributed by atoms with Crippen molar-refractivity contribution in [2.45, 2.75) is 25.3 Å². The van der Waals surface area contributed by atoms with E-state index in [0.717, 1.165) is 29.4 Å². The van der Waals surface area contributed by atoms with Crippen LogP contribution in [0.4, 0.5) is 14.6 Å². The molecule has 5 rings (SSSR count). The first-order chi connectivity index (χ1) is 13.6. The van der Waals surface area contributed by atoms with Crippen molar-refractivity contribution in [3.8, 4) is 11.4 Å². The molecule has 1 aliphatic carbocycles. The number of nitrogens with zero attached hydrogens (tertiary/aromatic N) is 4. The summed E-state index contributed by atoms with van der Waals surface area (Å²) in [7, 11) is 0. The molecule has 0 atom stereocenters. The molecule has 1 fully saturated rings. The smallest absolute Gasteiger partial charge is 0.163 e. The average molecular weight is 377 g/mol. The molecule has 0 spiro atoms. The predicted molar refractivity (Wildman–Crippen MR) is 103 cm³/mol. The van der Waals surface area contributed by atoms with Crippen LogP contribution in [0.15, 0.2) is 48.9 Å². The van der Waals surface area contributed by atoms with Gasteiger partial charge in [-0.1, -0.05) is 6.07 Å². The van der Waals surface area contributed by atoms with Crippen molar-refractivity contribution in [3.05, 3.63) is 71.7 Å². The monoisotopic (exact) mass is 377 g/mol. The van der Waals surface area contributed by atoms with Gasteiger partial charge in [-0.2, -0.15) is 0 Å². The molecule has 4 aromatic rings. The number of aromatic nitrogens is 4. The third-order valence-corrected chi connectivity index (χ3v) is 5.13. The molecular weight excluding hydrogens is 360 g/mol. The molecule has 0 radical (unpaired) electrons. The molecule has 0 unspecified atom stereocenters. The van der Waals surface area contributed by atoms with Crippen LogP contribution in [0.25, 0.3) is 22.4 Å². The summed E-state index contributed by atoms with van der Waals surface area (Å²) < 4.78 is 30.0. The van der Waals surface area contributed by atoms with Gasteiger partial charge in [0.25, 0.3) is 0 Å². The van der Waals surface area contributed by atoms with Crippen molar-refractivity contribution in [1.29, 1.82) is 0 Å². The Morgan fingerprint density at radius 3 is 2.57 bits per heavy atom. The highest BCUT2D eigenvalue weighted by Crippen LogP contribution is 2.42. The SMILES string of the molecule is Nc1nc(-c2cn(Cc3c(F)cccc3F)c3ncccc23)ncc1C1CC1. The number of halogens is 2. The third kappa shape index (κ3) is 2.79. The number of anilines is 1. The molecule has 0 aliphatic heterocycles. The molecule has 28 heavy (non-hydrogen) atoms. The highest BCUT2D eigenvalue weighted by Gasteiger charge is 2.27. The van der Waals surface area contributed by atoms with E-state index in [0.29, 0.717) is 23.2 Å². The lowest BCUT2D eigenvalue weighted by Crippen LogP contribution is -2.04. The number of fused-ring (bicyclic) bond motifs is 1. The number of pyridine rings is 1. The van der Waals surface area contributed by atoms with Crippen LogP contribution in [0.3, 0.4) is 0 Å². The van der Waals surface area contributed by atoms with Crippen LogP contribution in [0, 0.1) is 11.6 Å². The van der Waals surface area contributed by atoms with Crippen molar-refractivity contribution in [2.75, 3.05) is 5.73 Å². The van der Waals surface area contributed by atoms with Crippen LogP contribution < -0.4 is 5.73 Å². The summed E-state index contributed by atoms with van der Waals surface area (Å²) >= 11 is 0. The highest BCUT2D eigenvalue weighted by atomic mass is 19.1. The van der Waals surface area contributed by atoms with E-state index in [-0.39, 0.29) is 12.1 Å². The molecule has 3 heterocycles. The molecule has 0 bridgehead atoms. The number of nitrogen functional groups attached to an aromatic ring is 1. The molecule has 0 amide bonds. The quantitative estimate of drug-likeness (QED) is 0.576. The van der Waals surface area contributed by atoms with E-state index in [1.165, 1.54) is 18.2 Å². The summed E-state index contributed by atoms with van der Waals surface area (Å²) in [6.07, 6.45) is 7.43. The minimum absolute atomic E-state index is 0.0129. The van der Waals surface area contributed by atoms with Crippen molar-refractivity contribution in [1.82, 2.24) is 19.5 Å². The van der Waals surface area contributed by atoms with Gasteiger partial charge in [-0.25, -0.2) is 23.7 Å². The van der Waals surface area contributed by atoms with Crippen molar-refractivity contribution in [3.63, 3.8) is 0 Å². The van der Waals surface area contributed by atoms with E-state index in [1.54, 1.807) is 23.2 Å². The molecule has 140 valence electrons. The van der Waals surface area contributed by atoms with Gasteiger partial charge in [-0.05, 0) is 43.0 Å². The number of benzene rings is 1. The summed E-state index contributed by atoms with van der Waals surface area (Å²) in [6.45, 7) is 0.0155. The summed E-state index contributed by atoms with van der Waals surface area (Å²) in [4.78, 5) is 13.4. The molecule has 5 nitrogen and oxygen atoms in total. The standard InChI is InChI=1S/C21H17F2N5/c22-17-4-1-5-18(23)16(17)11-28-10-15(13-3-2-8-25-21(13)28)20-26-9-14(12-6-7-12)19(24)27-20/h1-5,8-10,12H,6-7,11H2,(H2,24,26,27). The summed E-state index contributed by atoms with van der Waals surface area (Å²) in [5.41, 5.74) is 8.45. The second kappa shape index (κ2) is 6.37. The van der Waals surface area contributed by atoms with Gasteiger partial charge >= 0.3 is 0 Å². The van der Waals surface area contributed by atoms with Gasteiger partial charge in [0.2, 0.25) is 0 Å². The van der Waals surface area contributed by atoms with Crippen LogP contribution in [-0.2, 0) is 6.54 Å². The van der Waals surface area contributed by atoms with Crippen molar-refractivity contribution < 1.29 is 8.78 Å². The van der Waals surface area contributed by atoms with Gasteiger partial charge in [-0.3, -0.25) is 0 Å². The summed E-state index contributed by atoms with van der Waals surface area (Å²) in [6, 6.07) is 7.55. The minimum Gasteiger partial charge on any atom is -0.383 e. The lowest BCUT2D eigenvalue weighted by atomic mass is 10.2. The van der Waals surface area contributed by atoms with Crippen LogP contribution in [0.5, 0.6) is 0 Å². The zero-order chi connectivity index (χ0) is 19.3. The Morgan fingerprint density at radius 1 is 1.07 bits per heavy atom. The maximum absolute atomic E-state index is 14.1. The number of hydrogen-bond donors (Lipinski definition) is 1. The van der Waals surface area contributed by atoms with Gasteiger partial charge in [0.05, 0.1) is 6.54 Å². The predicted octanol–water partition coefficient (Wildman–Crippen LogP) is 4.28. The van der Waals surface area contributed by atoms with Gasteiger partial charge in [0.1, 0.15) is 23.1 Å². The Bertz CT molecular complexity index is 1180. The molecule has 1 saturated carbocycles. The lowest BCUT2D eigenvalue weighted by molar-refractivity contribution is 0.546. The van der Waals surface area contributed by atoms with Crippen LogP contribution >= 0.6 is 0 Å². The Kier molecular flexibility index (Phi) is 3.82. The number of rotatable bonds is 4. The molecule has 3 aromatic heterocycles. The zero-order valence-corrected chi connectivity index (χ0v) is 14.9. The fraction of sp³-hybridized carbons (Fsp3) is 0.190. The lowest BCUT2D eigenvalue weighted by Gasteiger charge is -2.07. The first kappa shape index (κ1) is 16.8. The number of nitrogens with two attached hydrogens (primary N) is 1. The van der Waals surface area contributed by atoms with E-state index in [2.05, 4.69) is 15.0 Å². The number of hydrogen-bond acceptors (Lipinski definition) is 4.